The third-order valence-electron chi connectivity index (χ3n) is 6.11. The van der Waals surface area contributed by atoms with E-state index in [1.165, 1.54) is 0 Å². The molecule has 5 aromatic rings. The van der Waals surface area contributed by atoms with Gasteiger partial charge >= 0.3 is 5.97 Å². The number of carbonyl (C=O) groups excluding carboxylic acids is 1. The Morgan fingerprint density at radius 2 is 1.77 bits per heavy atom. The highest BCUT2D eigenvalue weighted by Crippen LogP contribution is 2.45. The number of hydrogen-bond donors (Lipinski definition) is 5. The van der Waals surface area contributed by atoms with Gasteiger partial charge in [-0.3, -0.25) is 4.79 Å². The molecule has 0 atom stereocenters. The van der Waals surface area contributed by atoms with Gasteiger partial charge in [0.1, 0.15) is 15.5 Å². The van der Waals surface area contributed by atoms with Gasteiger partial charge < -0.3 is 25.3 Å². The van der Waals surface area contributed by atoms with E-state index in [1.807, 2.05) is 55.5 Å². The number of H-pyrrole nitrogens is 2. The summed E-state index contributed by atoms with van der Waals surface area (Å²) in [5, 5.41) is 31.7. The van der Waals surface area contributed by atoms with Crippen molar-refractivity contribution in [3.8, 4) is 16.9 Å². The Labute approximate surface area is 204 Å². The average Bonchev–Trinajstić information content (AvgIpc) is 3.57. The molecule has 35 heavy (non-hydrogen) atoms. The van der Waals surface area contributed by atoms with Crippen LogP contribution in [0, 0.1) is 0 Å². The molecular formula is C27H22N2O5S. The smallest absolute Gasteiger partial charge is 0.346 e. The Hall–Kier alpha value is -4.14. The van der Waals surface area contributed by atoms with Gasteiger partial charge in [-0.2, -0.15) is 0 Å². The maximum Gasteiger partial charge on any atom is 0.346 e. The van der Waals surface area contributed by atoms with E-state index in [0.29, 0.717) is 22.9 Å². The number of nitrogens with one attached hydrogen (secondary N) is 2. The molecule has 8 heteroatoms. The second-order valence-electron chi connectivity index (χ2n) is 8.32. The molecular weight excluding hydrogens is 464 g/mol. The zero-order valence-corrected chi connectivity index (χ0v) is 19.6. The van der Waals surface area contributed by atoms with Gasteiger partial charge in [0.25, 0.3) is 0 Å². The lowest BCUT2D eigenvalue weighted by Gasteiger charge is -2.03. The fourth-order valence-electron chi connectivity index (χ4n) is 4.30. The zero-order valence-electron chi connectivity index (χ0n) is 18.8. The van der Waals surface area contributed by atoms with Crippen LogP contribution in [0.15, 0.2) is 66.5 Å². The minimum Gasteiger partial charge on any atom is -0.506 e. The normalized spacial score (nSPS) is 12.0. The lowest BCUT2D eigenvalue weighted by Crippen LogP contribution is -1.98. The number of rotatable bonds is 7. The van der Waals surface area contributed by atoms with Crippen LogP contribution in [0.1, 0.15) is 37.4 Å². The van der Waals surface area contributed by atoms with Crippen molar-refractivity contribution in [3.05, 3.63) is 87.4 Å². The predicted octanol–water partition coefficient (Wildman–Crippen LogP) is 5.49. The molecule has 0 fully saturated rings. The number of carbonyl (C=O) groups is 2. The molecule has 0 spiro atoms. The summed E-state index contributed by atoms with van der Waals surface area (Å²) < 4.78 is 0. The van der Waals surface area contributed by atoms with Gasteiger partial charge in [0.15, 0.2) is 0 Å². The van der Waals surface area contributed by atoms with Crippen molar-refractivity contribution in [3.63, 3.8) is 0 Å². The number of ketones is 1. The lowest BCUT2D eigenvalue weighted by molar-refractivity contribution is 0.0702. The molecule has 0 bridgehead atoms. The highest BCUT2D eigenvalue weighted by molar-refractivity contribution is 7.17. The van der Waals surface area contributed by atoms with Gasteiger partial charge in [0.05, 0.1) is 12.2 Å². The number of hydrogen-bond acceptors (Lipinski definition) is 5. The Balaban J connectivity index is 1.62. The van der Waals surface area contributed by atoms with E-state index in [9.17, 15) is 24.9 Å². The molecule has 5 N–H and O–H groups in total. The fourth-order valence-corrected chi connectivity index (χ4v) is 5.30. The third-order valence-corrected chi connectivity index (χ3v) is 7.27. The van der Waals surface area contributed by atoms with Gasteiger partial charge in [-0.1, -0.05) is 48.0 Å². The molecule has 0 saturated heterocycles. The zero-order chi connectivity index (χ0) is 24.7. The van der Waals surface area contributed by atoms with Crippen LogP contribution in [0.3, 0.4) is 0 Å². The van der Waals surface area contributed by atoms with E-state index in [-0.39, 0.29) is 27.7 Å². The molecule has 0 aliphatic rings. The number of fused-ring (bicyclic) bond motifs is 2. The summed E-state index contributed by atoms with van der Waals surface area (Å²) in [5.41, 5.74) is 4.39. The van der Waals surface area contributed by atoms with Crippen molar-refractivity contribution < 1.29 is 24.9 Å². The summed E-state index contributed by atoms with van der Waals surface area (Å²) in [6, 6.07) is 13.0. The van der Waals surface area contributed by atoms with Gasteiger partial charge in [0, 0.05) is 45.3 Å². The molecule has 7 nitrogen and oxygen atoms in total. The molecule has 176 valence electrons. The minimum absolute atomic E-state index is 0.0211. The molecule has 2 aromatic carbocycles. The van der Waals surface area contributed by atoms with Gasteiger partial charge in [-0.25, -0.2) is 4.79 Å². The van der Waals surface area contributed by atoms with Crippen molar-refractivity contribution in [1.82, 2.24) is 9.97 Å². The predicted molar refractivity (Wildman–Crippen MR) is 137 cm³/mol. The summed E-state index contributed by atoms with van der Waals surface area (Å²) in [6.07, 6.45) is 5.74. The monoisotopic (exact) mass is 486 g/mol. The largest absolute Gasteiger partial charge is 0.506 e. The second kappa shape index (κ2) is 8.90. The van der Waals surface area contributed by atoms with Crippen LogP contribution in [-0.4, -0.2) is 43.6 Å². The third kappa shape index (κ3) is 3.82. The molecule has 0 aliphatic heterocycles. The quantitative estimate of drug-likeness (QED) is 0.154. The number of aliphatic hydroxyl groups is 1. The molecule has 0 radical (unpaired) electrons. The number of carboxylic acid groups (broad SMARTS) is 1. The number of aliphatic hydroxyl groups excluding tert-OH is 1. The van der Waals surface area contributed by atoms with Crippen LogP contribution in [0.5, 0.6) is 5.75 Å². The summed E-state index contributed by atoms with van der Waals surface area (Å²) in [6.45, 7) is 1.82. The van der Waals surface area contributed by atoms with Gasteiger partial charge in [-0.05, 0) is 25.0 Å². The summed E-state index contributed by atoms with van der Waals surface area (Å²) in [4.78, 5) is 31.8. The Morgan fingerprint density at radius 1 is 1.00 bits per heavy atom. The SMILES string of the molecule is C/C(=C/Cc1cccc2c(C(=O)c3sc(C(=O)O)c(-c4c[nH]c5ccccc45)c3O)c[nH]c12)CO. The topological polar surface area (TPSA) is 126 Å². The van der Waals surface area contributed by atoms with Crippen LogP contribution < -0.4 is 0 Å². The van der Waals surface area contributed by atoms with Crippen molar-refractivity contribution >= 4 is 44.9 Å². The number of carboxylic acids is 1. The molecule has 3 aromatic heterocycles. The number of thiophene rings is 1. The number of aromatic nitrogens is 2. The molecule has 0 amide bonds. The number of aromatic carboxylic acids is 1. The second-order valence-corrected chi connectivity index (χ2v) is 9.34. The van der Waals surface area contributed by atoms with E-state index in [2.05, 4.69) is 9.97 Å². The first-order valence-electron chi connectivity index (χ1n) is 11.0. The van der Waals surface area contributed by atoms with Crippen molar-refractivity contribution in [2.24, 2.45) is 0 Å². The standard InChI is InChI=1S/C27H22N2O5S/c1-14(13-30)9-10-15-5-4-7-17-19(12-29-22(15)17)23(31)26-24(32)21(25(35-26)27(33)34)18-11-28-20-8-3-2-6-16(18)20/h2-9,11-12,28-30,32H,10,13H2,1H3,(H,33,34)/b14-9-. The first-order chi connectivity index (χ1) is 16.9. The van der Waals surface area contributed by atoms with E-state index >= 15 is 0 Å². The fraction of sp³-hybridized carbons (Fsp3) is 0.111. The van der Waals surface area contributed by atoms with Crippen molar-refractivity contribution in [1.29, 1.82) is 0 Å². The van der Waals surface area contributed by atoms with Crippen molar-refractivity contribution in [2.75, 3.05) is 6.61 Å². The number of benzene rings is 2. The van der Waals surface area contributed by atoms with Gasteiger partial charge in [0.2, 0.25) is 5.78 Å². The maximum absolute atomic E-state index is 13.6. The molecule has 0 aliphatic carbocycles. The Morgan fingerprint density at radius 3 is 2.54 bits per heavy atom. The van der Waals surface area contributed by atoms with Crippen LogP contribution in [-0.2, 0) is 6.42 Å². The van der Waals surface area contributed by atoms with E-state index in [4.69, 9.17) is 0 Å². The summed E-state index contributed by atoms with van der Waals surface area (Å²) in [5.74, 6) is -2.00. The minimum atomic E-state index is -1.21. The molecule has 5 rings (SSSR count). The molecule has 3 heterocycles. The Kier molecular flexibility index (Phi) is 5.76. The van der Waals surface area contributed by atoms with E-state index in [0.717, 1.165) is 38.9 Å². The van der Waals surface area contributed by atoms with E-state index in [1.54, 1.807) is 12.4 Å². The van der Waals surface area contributed by atoms with Crippen molar-refractivity contribution in [2.45, 2.75) is 13.3 Å². The number of aromatic hydroxyl groups is 1. The number of para-hydroxylation sites is 2. The first-order valence-corrected chi connectivity index (χ1v) is 11.8. The Bertz CT molecular complexity index is 1640. The van der Waals surface area contributed by atoms with Crippen LogP contribution in [0.4, 0.5) is 0 Å². The van der Waals surface area contributed by atoms with Gasteiger partial charge in [-0.15, -0.1) is 11.3 Å². The van der Waals surface area contributed by atoms with Crippen LogP contribution in [0.25, 0.3) is 32.9 Å². The average molecular weight is 487 g/mol. The molecule has 0 saturated carbocycles. The molecule has 0 unspecified atom stereocenters. The summed E-state index contributed by atoms with van der Waals surface area (Å²) >= 11 is 0.773. The maximum atomic E-state index is 13.6. The first kappa shape index (κ1) is 22.6. The number of aromatic amines is 2. The van der Waals surface area contributed by atoms with Crippen LogP contribution >= 0.6 is 11.3 Å². The highest BCUT2D eigenvalue weighted by Gasteiger charge is 2.30. The lowest BCUT2D eigenvalue weighted by atomic mass is 10.0. The van der Waals surface area contributed by atoms with Crippen LogP contribution in [0.2, 0.25) is 0 Å². The highest BCUT2D eigenvalue weighted by atomic mass is 32.1. The van der Waals surface area contributed by atoms with E-state index < -0.39 is 11.8 Å². The summed E-state index contributed by atoms with van der Waals surface area (Å²) in [7, 11) is 0. The number of allylic oxidation sites excluding steroid dienone is 1.